The predicted octanol–water partition coefficient (Wildman–Crippen LogP) is 1.78. The zero-order chi connectivity index (χ0) is 11.3. The van der Waals surface area contributed by atoms with Crippen LogP contribution in [0.25, 0.3) is 0 Å². The van der Waals surface area contributed by atoms with Gasteiger partial charge in [0.2, 0.25) is 6.41 Å². The quantitative estimate of drug-likeness (QED) is 0.563. The Balaban J connectivity index is 2.63. The third-order valence-corrected chi connectivity index (χ3v) is 1.80. The van der Waals surface area contributed by atoms with Gasteiger partial charge < -0.3 is 5.32 Å². The first-order valence-corrected chi connectivity index (χ1v) is 4.59. The highest BCUT2D eigenvalue weighted by Crippen LogP contribution is 2.22. The minimum atomic E-state index is -0.597. The lowest BCUT2D eigenvalue weighted by molar-refractivity contribution is -0.110. The molecule has 0 saturated carbocycles. The molecule has 3 N–H and O–H groups in total. The zero-order valence-electron chi connectivity index (χ0n) is 7.38. The van der Waals surface area contributed by atoms with Gasteiger partial charge in [-0.2, -0.15) is 0 Å². The van der Waals surface area contributed by atoms with Crippen molar-refractivity contribution in [3.8, 4) is 0 Å². The fourth-order valence-electron chi connectivity index (χ4n) is 0.883. The molecule has 0 aliphatic rings. The molecule has 0 fully saturated rings. The van der Waals surface area contributed by atoms with Gasteiger partial charge in [-0.1, -0.05) is 23.2 Å². The number of hydrogen-bond acceptors (Lipinski definition) is 2. The average molecular weight is 248 g/mol. The molecule has 1 aromatic carbocycles. The lowest BCUT2D eigenvalue weighted by atomic mass is 10.3. The second-order valence-corrected chi connectivity index (χ2v) is 3.37. The number of hydrogen-bond donors (Lipinski definition) is 3. The number of rotatable bonds is 3. The first-order valence-electron chi connectivity index (χ1n) is 3.84. The van der Waals surface area contributed by atoms with E-state index in [1.54, 1.807) is 0 Å². The summed E-state index contributed by atoms with van der Waals surface area (Å²) in [6, 6.07) is 3.98. The van der Waals surface area contributed by atoms with E-state index in [0.717, 1.165) is 0 Å². The molecule has 5 nitrogen and oxygen atoms in total. The van der Waals surface area contributed by atoms with Crippen molar-refractivity contribution < 1.29 is 9.59 Å². The number of urea groups is 1. The van der Waals surface area contributed by atoms with Crippen LogP contribution in [0.15, 0.2) is 18.2 Å². The summed E-state index contributed by atoms with van der Waals surface area (Å²) in [4.78, 5) is 20.9. The van der Waals surface area contributed by atoms with Crippen LogP contribution in [-0.4, -0.2) is 12.4 Å². The van der Waals surface area contributed by atoms with Crippen LogP contribution >= 0.6 is 23.2 Å². The Kier molecular flexibility index (Phi) is 4.20. The van der Waals surface area contributed by atoms with Gasteiger partial charge in [0.25, 0.3) is 0 Å². The van der Waals surface area contributed by atoms with Gasteiger partial charge in [-0.25, -0.2) is 10.2 Å². The first-order chi connectivity index (χ1) is 7.11. The highest BCUT2D eigenvalue weighted by atomic mass is 35.5. The molecule has 0 saturated heterocycles. The number of nitrogens with one attached hydrogen (secondary N) is 3. The van der Waals surface area contributed by atoms with Crippen molar-refractivity contribution >= 4 is 41.3 Å². The van der Waals surface area contributed by atoms with E-state index in [-0.39, 0.29) is 0 Å². The summed E-state index contributed by atoms with van der Waals surface area (Å²) in [7, 11) is 0. The van der Waals surface area contributed by atoms with Gasteiger partial charge in [-0.3, -0.25) is 10.2 Å². The third kappa shape index (κ3) is 4.05. The van der Waals surface area contributed by atoms with Crippen LogP contribution in [0, 0.1) is 0 Å². The zero-order valence-corrected chi connectivity index (χ0v) is 8.89. The lowest BCUT2D eigenvalue weighted by Gasteiger charge is -2.06. The van der Waals surface area contributed by atoms with Crippen molar-refractivity contribution in [3.63, 3.8) is 0 Å². The SMILES string of the molecule is O=CNNC(=O)Nc1cc(Cl)cc(Cl)c1. The molecular weight excluding hydrogens is 241 g/mol. The van der Waals surface area contributed by atoms with Crippen LogP contribution in [0.2, 0.25) is 10.0 Å². The number of halogens is 2. The lowest BCUT2D eigenvalue weighted by Crippen LogP contribution is -2.39. The van der Waals surface area contributed by atoms with Gasteiger partial charge in [0.05, 0.1) is 0 Å². The van der Waals surface area contributed by atoms with Crippen LogP contribution in [0.3, 0.4) is 0 Å². The summed E-state index contributed by atoms with van der Waals surface area (Å²) >= 11 is 11.4. The van der Waals surface area contributed by atoms with Crippen molar-refractivity contribution in [2.24, 2.45) is 0 Å². The van der Waals surface area contributed by atoms with E-state index in [2.05, 4.69) is 10.7 Å². The molecule has 1 aromatic rings. The Bertz CT molecular complexity index is 364. The van der Waals surface area contributed by atoms with E-state index in [4.69, 9.17) is 23.2 Å². The number of amides is 3. The van der Waals surface area contributed by atoms with Crippen LogP contribution in [0.4, 0.5) is 10.5 Å². The van der Waals surface area contributed by atoms with Crippen LogP contribution in [-0.2, 0) is 4.79 Å². The number of benzene rings is 1. The number of carbonyl (C=O) groups excluding carboxylic acids is 2. The average Bonchev–Trinajstić information content (AvgIpc) is 2.13. The molecule has 3 amide bonds. The fourth-order valence-corrected chi connectivity index (χ4v) is 1.41. The molecule has 0 heterocycles. The Hall–Kier alpha value is -1.46. The largest absolute Gasteiger partial charge is 0.337 e. The highest BCUT2D eigenvalue weighted by molar-refractivity contribution is 6.35. The molecule has 7 heteroatoms. The van der Waals surface area contributed by atoms with E-state index in [1.807, 2.05) is 5.43 Å². The maximum Gasteiger partial charge on any atom is 0.337 e. The summed E-state index contributed by atoms with van der Waals surface area (Å²) in [5, 5.41) is 3.23. The molecule has 0 aliphatic carbocycles. The van der Waals surface area contributed by atoms with E-state index >= 15 is 0 Å². The molecule has 80 valence electrons. The summed E-state index contributed by atoms with van der Waals surface area (Å²) < 4.78 is 0. The summed E-state index contributed by atoms with van der Waals surface area (Å²) in [6.45, 7) is 0. The Morgan fingerprint density at radius 3 is 2.33 bits per heavy atom. The summed E-state index contributed by atoms with van der Waals surface area (Å²) in [6.07, 6.45) is 0.338. The normalized spacial score (nSPS) is 9.20. The van der Waals surface area contributed by atoms with Crippen molar-refractivity contribution in [2.45, 2.75) is 0 Å². The molecule has 0 bridgehead atoms. The van der Waals surface area contributed by atoms with Crippen molar-refractivity contribution in [3.05, 3.63) is 28.2 Å². The van der Waals surface area contributed by atoms with Crippen LogP contribution in [0.5, 0.6) is 0 Å². The Morgan fingerprint density at radius 1 is 1.20 bits per heavy atom. The van der Waals surface area contributed by atoms with Crippen LogP contribution < -0.4 is 16.2 Å². The minimum absolute atomic E-state index is 0.338. The van der Waals surface area contributed by atoms with Gasteiger partial charge in [-0.05, 0) is 18.2 Å². The predicted molar refractivity (Wildman–Crippen MR) is 57.8 cm³/mol. The first kappa shape index (κ1) is 11.6. The van der Waals surface area contributed by atoms with Gasteiger partial charge in [0, 0.05) is 15.7 Å². The Morgan fingerprint density at radius 2 is 1.80 bits per heavy atom. The number of hydrazine groups is 1. The fraction of sp³-hybridized carbons (Fsp3) is 0. The maximum atomic E-state index is 11.1. The molecular formula is C8H7Cl2N3O2. The standard InChI is InChI=1S/C8H7Cl2N3O2/c9-5-1-6(10)3-7(2-5)12-8(15)13-11-4-14/h1-4H,(H,11,14)(H2,12,13,15). The molecule has 0 radical (unpaired) electrons. The second kappa shape index (κ2) is 5.43. The summed E-state index contributed by atoms with van der Waals surface area (Å²) in [5.41, 5.74) is 4.48. The molecule has 0 unspecified atom stereocenters. The molecule has 0 aromatic heterocycles. The molecule has 0 spiro atoms. The third-order valence-electron chi connectivity index (χ3n) is 1.37. The van der Waals surface area contributed by atoms with E-state index < -0.39 is 6.03 Å². The minimum Gasteiger partial charge on any atom is -0.306 e. The smallest absolute Gasteiger partial charge is 0.306 e. The second-order valence-electron chi connectivity index (χ2n) is 2.50. The number of carbonyl (C=O) groups is 2. The maximum absolute atomic E-state index is 11.1. The van der Waals surface area contributed by atoms with Gasteiger partial charge >= 0.3 is 6.03 Å². The highest BCUT2D eigenvalue weighted by Gasteiger charge is 2.02. The number of anilines is 1. The van der Waals surface area contributed by atoms with Crippen LogP contribution in [0.1, 0.15) is 0 Å². The van der Waals surface area contributed by atoms with E-state index in [0.29, 0.717) is 22.1 Å². The van der Waals surface area contributed by atoms with Gasteiger partial charge in [0.15, 0.2) is 0 Å². The van der Waals surface area contributed by atoms with E-state index in [9.17, 15) is 9.59 Å². The topological polar surface area (TPSA) is 70.2 Å². The Labute approximate surface area is 95.7 Å². The summed E-state index contributed by atoms with van der Waals surface area (Å²) in [5.74, 6) is 0. The van der Waals surface area contributed by atoms with Crippen molar-refractivity contribution in [1.82, 2.24) is 10.9 Å². The van der Waals surface area contributed by atoms with Crippen molar-refractivity contribution in [2.75, 3.05) is 5.32 Å². The van der Waals surface area contributed by atoms with Crippen molar-refractivity contribution in [1.29, 1.82) is 0 Å². The molecule has 1 rings (SSSR count). The van der Waals surface area contributed by atoms with Gasteiger partial charge in [-0.15, -0.1) is 0 Å². The molecule has 15 heavy (non-hydrogen) atoms. The molecule has 0 atom stereocenters. The monoisotopic (exact) mass is 247 g/mol. The van der Waals surface area contributed by atoms with Gasteiger partial charge in [0.1, 0.15) is 0 Å². The van der Waals surface area contributed by atoms with E-state index in [1.165, 1.54) is 18.2 Å². The molecule has 0 aliphatic heterocycles.